The van der Waals surface area contributed by atoms with Gasteiger partial charge in [-0.1, -0.05) is 0 Å². The highest BCUT2D eigenvalue weighted by molar-refractivity contribution is 5.83. The minimum Gasteiger partial charge on any atom is -0.373 e. The van der Waals surface area contributed by atoms with Gasteiger partial charge in [0.2, 0.25) is 0 Å². The highest BCUT2D eigenvalue weighted by atomic mass is 15.1. The Bertz CT molecular complexity index is 140. The lowest BCUT2D eigenvalue weighted by molar-refractivity contribution is 0.412. The smallest absolute Gasteiger partial charge is 0.0964 e. The van der Waals surface area contributed by atoms with Gasteiger partial charge in [0.1, 0.15) is 0 Å². The molecule has 0 fully saturated rings. The summed E-state index contributed by atoms with van der Waals surface area (Å²) in [6.45, 7) is 3.12. The van der Waals surface area contributed by atoms with Crippen LogP contribution in [-0.4, -0.2) is 44.5 Å². The van der Waals surface area contributed by atoms with E-state index >= 15 is 0 Å². The summed E-state index contributed by atoms with van der Waals surface area (Å²) in [5.74, 6) is 1.20. The van der Waals surface area contributed by atoms with Crippen molar-refractivity contribution in [1.29, 1.82) is 0 Å². The maximum Gasteiger partial charge on any atom is 0.0964 e. The van der Waals surface area contributed by atoms with Crippen molar-refractivity contribution in [3.8, 4) is 0 Å². The molecule has 1 N–H and O–H groups in total. The second-order valence-electron chi connectivity index (χ2n) is 3.16. The first-order valence-corrected chi connectivity index (χ1v) is 4.21. The first-order chi connectivity index (χ1) is 5.29. The summed E-state index contributed by atoms with van der Waals surface area (Å²) in [7, 11) is 4.16. The third-order valence-corrected chi connectivity index (χ3v) is 1.76. The molecule has 0 aromatic heterocycles. The fourth-order valence-electron chi connectivity index (χ4n) is 1.11. The summed E-state index contributed by atoms with van der Waals surface area (Å²) in [5, 5.41) is 3.32. The molecule has 11 heavy (non-hydrogen) atoms. The third-order valence-electron chi connectivity index (χ3n) is 1.76. The quantitative estimate of drug-likeness (QED) is 0.636. The van der Waals surface area contributed by atoms with E-state index in [-0.39, 0.29) is 0 Å². The molecule has 0 saturated heterocycles. The van der Waals surface area contributed by atoms with Crippen LogP contribution >= 0.6 is 0 Å². The molecule has 0 spiro atoms. The molecule has 0 aromatic carbocycles. The Labute approximate surface area is 68.5 Å². The zero-order valence-corrected chi connectivity index (χ0v) is 7.43. The summed E-state index contributed by atoms with van der Waals surface area (Å²) in [5.41, 5.74) is 0. The standard InChI is InChI=1S/C8H17N3/c1-11(2)7-6-10-8-4-3-5-9-8/h3-7H2,1-2H3,(H,9,10). The number of hydrogen-bond acceptors (Lipinski definition) is 3. The van der Waals surface area contributed by atoms with Crippen LogP contribution in [0.5, 0.6) is 0 Å². The molecular weight excluding hydrogens is 138 g/mol. The van der Waals surface area contributed by atoms with Crippen LogP contribution in [-0.2, 0) is 0 Å². The molecule has 1 heterocycles. The molecule has 3 nitrogen and oxygen atoms in total. The maximum atomic E-state index is 4.32. The van der Waals surface area contributed by atoms with Crippen LogP contribution in [0.4, 0.5) is 0 Å². The van der Waals surface area contributed by atoms with Crippen molar-refractivity contribution in [2.45, 2.75) is 12.8 Å². The average Bonchev–Trinajstić information content (AvgIpc) is 2.39. The van der Waals surface area contributed by atoms with Crippen molar-refractivity contribution in [1.82, 2.24) is 10.2 Å². The van der Waals surface area contributed by atoms with Crippen LogP contribution in [0, 0.1) is 0 Å². The van der Waals surface area contributed by atoms with Crippen LogP contribution in [0.2, 0.25) is 0 Å². The van der Waals surface area contributed by atoms with E-state index in [0.717, 1.165) is 26.1 Å². The van der Waals surface area contributed by atoms with E-state index in [1.165, 1.54) is 12.3 Å². The Morgan fingerprint density at radius 3 is 2.91 bits per heavy atom. The second-order valence-corrected chi connectivity index (χ2v) is 3.16. The fraction of sp³-hybridized carbons (Fsp3) is 0.875. The molecule has 0 aromatic rings. The molecule has 0 unspecified atom stereocenters. The normalized spacial score (nSPS) is 17.2. The van der Waals surface area contributed by atoms with E-state index < -0.39 is 0 Å². The molecule has 1 aliphatic rings. The van der Waals surface area contributed by atoms with E-state index in [2.05, 4.69) is 29.3 Å². The SMILES string of the molecule is CN(C)CCNC1=NCCC1. The zero-order chi connectivity index (χ0) is 8.10. The van der Waals surface area contributed by atoms with Gasteiger partial charge in [-0.25, -0.2) is 0 Å². The Balaban J connectivity index is 2.03. The van der Waals surface area contributed by atoms with Crippen LogP contribution in [0.1, 0.15) is 12.8 Å². The lowest BCUT2D eigenvalue weighted by Gasteiger charge is -2.10. The summed E-state index contributed by atoms with van der Waals surface area (Å²) in [6, 6.07) is 0. The molecule has 0 radical (unpaired) electrons. The van der Waals surface area contributed by atoms with Crippen molar-refractivity contribution in [3.63, 3.8) is 0 Å². The number of rotatable bonds is 3. The minimum atomic E-state index is 1.02. The van der Waals surface area contributed by atoms with Gasteiger partial charge >= 0.3 is 0 Å². The Hall–Kier alpha value is -0.570. The van der Waals surface area contributed by atoms with Gasteiger partial charge in [0.05, 0.1) is 5.84 Å². The molecule has 0 amide bonds. The molecule has 0 bridgehead atoms. The Morgan fingerprint density at radius 1 is 1.55 bits per heavy atom. The van der Waals surface area contributed by atoms with Crippen LogP contribution in [0.3, 0.4) is 0 Å². The molecule has 0 aliphatic carbocycles. The monoisotopic (exact) mass is 155 g/mol. The van der Waals surface area contributed by atoms with Gasteiger partial charge in [-0.2, -0.15) is 0 Å². The molecule has 3 heteroatoms. The molecule has 64 valence electrons. The van der Waals surface area contributed by atoms with E-state index in [0.29, 0.717) is 0 Å². The van der Waals surface area contributed by atoms with Gasteiger partial charge in [0.15, 0.2) is 0 Å². The van der Waals surface area contributed by atoms with Gasteiger partial charge < -0.3 is 10.2 Å². The number of hydrogen-bond donors (Lipinski definition) is 1. The third kappa shape index (κ3) is 3.37. The fourth-order valence-corrected chi connectivity index (χ4v) is 1.11. The summed E-state index contributed by atoms with van der Waals surface area (Å²) < 4.78 is 0. The topological polar surface area (TPSA) is 27.6 Å². The van der Waals surface area contributed by atoms with Gasteiger partial charge in [-0.15, -0.1) is 0 Å². The van der Waals surface area contributed by atoms with E-state index in [4.69, 9.17) is 0 Å². The van der Waals surface area contributed by atoms with Gasteiger partial charge in [-0.05, 0) is 20.5 Å². The summed E-state index contributed by atoms with van der Waals surface area (Å²) >= 11 is 0. The molecule has 0 atom stereocenters. The largest absolute Gasteiger partial charge is 0.373 e. The first kappa shape index (κ1) is 8.53. The van der Waals surface area contributed by atoms with Crippen LogP contribution in [0.15, 0.2) is 4.99 Å². The number of nitrogens with zero attached hydrogens (tertiary/aromatic N) is 2. The minimum absolute atomic E-state index is 1.02. The van der Waals surface area contributed by atoms with Crippen LogP contribution < -0.4 is 5.32 Å². The van der Waals surface area contributed by atoms with Gasteiger partial charge in [0.25, 0.3) is 0 Å². The Kier molecular flexibility index (Phi) is 3.36. The number of likely N-dealkylation sites (N-methyl/N-ethyl adjacent to an activating group) is 1. The van der Waals surface area contributed by atoms with Gasteiger partial charge in [0, 0.05) is 26.1 Å². The number of nitrogens with one attached hydrogen (secondary N) is 1. The van der Waals surface area contributed by atoms with Crippen LogP contribution in [0.25, 0.3) is 0 Å². The summed E-state index contributed by atoms with van der Waals surface area (Å²) in [6.07, 6.45) is 2.37. The molecular formula is C8H17N3. The number of amidine groups is 1. The molecule has 1 rings (SSSR count). The zero-order valence-electron chi connectivity index (χ0n) is 7.43. The summed E-state index contributed by atoms with van der Waals surface area (Å²) in [4.78, 5) is 6.49. The molecule has 1 aliphatic heterocycles. The van der Waals surface area contributed by atoms with Crippen molar-refractivity contribution < 1.29 is 0 Å². The lowest BCUT2D eigenvalue weighted by Crippen LogP contribution is -2.30. The van der Waals surface area contributed by atoms with Crippen molar-refractivity contribution in [2.75, 3.05) is 33.7 Å². The number of aliphatic imine (C=N–C) groups is 1. The molecule has 0 saturated carbocycles. The van der Waals surface area contributed by atoms with E-state index in [1.54, 1.807) is 0 Å². The van der Waals surface area contributed by atoms with E-state index in [1.807, 2.05) is 0 Å². The maximum absolute atomic E-state index is 4.32. The highest BCUT2D eigenvalue weighted by Crippen LogP contribution is 2.00. The van der Waals surface area contributed by atoms with Crippen molar-refractivity contribution in [2.24, 2.45) is 4.99 Å². The Morgan fingerprint density at radius 2 is 2.36 bits per heavy atom. The predicted molar refractivity (Wildman–Crippen MR) is 48.1 cm³/mol. The van der Waals surface area contributed by atoms with Crippen molar-refractivity contribution in [3.05, 3.63) is 0 Å². The highest BCUT2D eigenvalue weighted by Gasteiger charge is 2.03. The predicted octanol–water partition coefficient (Wildman–Crippen LogP) is 0.330. The first-order valence-electron chi connectivity index (χ1n) is 4.21. The second kappa shape index (κ2) is 4.34. The van der Waals surface area contributed by atoms with Crippen molar-refractivity contribution >= 4 is 5.84 Å². The van der Waals surface area contributed by atoms with E-state index in [9.17, 15) is 0 Å². The lowest BCUT2D eigenvalue weighted by atomic mass is 10.3. The average molecular weight is 155 g/mol. The van der Waals surface area contributed by atoms with Gasteiger partial charge in [-0.3, -0.25) is 4.99 Å².